The Morgan fingerprint density at radius 3 is 2.78 bits per heavy atom. The Morgan fingerprint density at radius 1 is 1.56 bits per heavy atom. The first-order valence-corrected chi connectivity index (χ1v) is 5.39. The summed E-state index contributed by atoms with van der Waals surface area (Å²) in [4.78, 5) is 23.6. The van der Waals surface area contributed by atoms with E-state index in [4.69, 9.17) is 9.84 Å². The molecule has 1 N–H and O–H groups in total. The number of carbonyl (C=O) groups is 2. The number of nitrogens with zero attached hydrogens (tertiary/aromatic N) is 1. The van der Waals surface area contributed by atoms with Crippen LogP contribution < -0.4 is 9.64 Å². The summed E-state index contributed by atoms with van der Waals surface area (Å²) in [5.41, 5.74) is 0.0875. The van der Waals surface area contributed by atoms with E-state index in [1.165, 1.54) is 19.2 Å². The smallest absolute Gasteiger partial charge is 0.308 e. The summed E-state index contributed by atoms with van der Waals surface area (Å²) in [6.45, 7) is -0.00256. The fourth-order valence-electron chi connectivity index (χ4n) is 1.94. The molecule has 1 amide bonds. The van der Waals surface area contributed by atoms with E-state index >= 15 is 0 Å². The Kier molecular flexibility index (Phi) is 3.18. The maximum Gasteiger partial charge on any atom is 0.308 e. The van der Waals surface area contributed by atoms with Crippen molar-refractivity contribution in [3.8, 4) is 5.75 Å². The zero-order chi connectivity index (χ0) is 13.3. The van der Waals surface area contributed by atoms with Crippen molar-refractivity contribution in [2.24, 2.45) is 5.92 Å². The first-order chi connectivity index (χ1) is 8.52. The number of carboxylic acid groups (broad SMARTS) is 1. The third kappa shape index (κ3) is 2.13. The van der Waals surface area contributed by atoms with Crippen LogP contribution in [0.1, 0.15) is 6.42 Å². The summed E-state index contributed by atoms with van der Waals surface area (Å²) >= 11 is 0. The van der Waals surface area contributed by atoms with Crippen LogP contribution >= 0.6 is 0 Å². The van der Waals surface area contributed by atoms with Crippen molar-refractivity contribution in [3.05, 3.63) is 24.0 Å². The van der Waals surface area contributed by atoms with Crippen LogP contribution in [0.2, 0.25) is 0 Å². The minimum Gasteiger partial charge on any atom is -0.497 e. The Morgan fingerprint density at radius 2 is 2.28 bits per heavy atom. The van der Waals surface area contributed by atoms with Gasteiger partial charge in [-0.05, 0) is 12.1 Å². The fraction of sp³-hybridized carbons (Fsp3) is 0.333. The predicted octanol–water partition coefficient (Wildman–Crippen LogP) is 1.27. The van der Waals surface area contributed by atoms with E-state index < -0.39 is 17.7 Å². The van der Waals surface area contributed by atoms with E-state index in [9.17, 15) is 14.0 Å². The summed E-state index contributed by atoms with van der Waals surface area (Å²) in [5, 5.41) is 8.85. The molecular formula is C12H12FNO4. The molecule has 1 saturated heterocycles. The van der Waals surface area contributed by atoms with Gasteiger partial charge in [-0.15, -0.1) is 0 Å². The highest BCUT2D eigenvalue weighted by molar-refractivity contribution is 5.99. The minimum absolute atomic E-state index is 0.00256. The van der Waals surface area contributed by atoms with Gasteiger partial charge in [-0.2, -0.15) is 0 Å². The topological polar surface area (TPSA) is 66.8 Å². The lowest BCUT2D eigenvalue weighted by Crippen LogP contribution is -2.26. The molecule has 1 aliphatic rings. The number of anilines is 1. The van der Waals surface area contributed by atoms with E-state index in [1.807, 2.05) is 0 Å². The second kappa shape index (κ2) is 4.64. The number of carboxylic acids is 1. The third-order valence-corrected chi connectivity index (χ3v) is 2.92. The Balaban J connectivity index is 2.27. The normalized spacial score (nSPS) is 19.1. The van der Waals surface area contributed by atoms with Crippen LogP contribution in [0.4, 0.5) is 10.1 Å². The van der Waals surface area contributed by atoms with Crippen LogP contribution in [0.25, 0.3) is 0 Å². The molecule has 0 aliphatic carbocycles. The molecule has 0 aromatic heterocycles. The van der Waals surface area contributed by atoms with Gasteiger partial charge >= 0.3 is 5.97 Å². The van der Waals surface area contributed by atoms with Gasteiger partial charge in [-0.25, -0.2) is 4.39 Å². The third-order valence-electron chi connectivity index (χ3n) is 2.92. The van der Waals surface area contributed by atoms with Gasteiger partial charge in [0.2, 0.25) is 5.91 Å². The van der Waals surface area contributed by atoms with Crippen LogP contribution in [0, 0.1) is 11.7 Å². The molecule has 0 bridgehead atoms. The van der Waals surface area contributed by atoms with Crippen molar-refractivity contribution < 1.29 is 23.8 Å². The maximum absolute atomic E-state index is 13.8. The van der Waals surface area contributed by atoms with Crippen molar-refractivity contribution in [1.29, 1.82) is 0 Å². The molecule has 0 spiro atoms. The molecule has 1 atom stereocenters. The lowest BCUT2D eigenvalue weighted by atomic mass is 10.1. The van der Waals surface area contributed by atoms with Gasteiger partial charge in [0.15, 0.2) is 5.82 Å². The Bertz CT molecular complexity index is 503. The second-order valence-corrected chi connectivity index (χ2v) is 4.06. The lowest BCUT2D eigenvalue weighted by Gasteiger charge is -2.17. The molecule has 18 heavy (non-hydrogen) atoms. The van der Waals surface area contributed by atoms with E-state index in [1.54, 1.807) is 0 Å². The number of benzene rings is 1. The molecule has 5 nitrogen and oxygen atoms in total. The van der Waals surface area contributed by atoms with Gasteiger partial charge in [-0.1, -0.05) is 0 Å². The molecule has 1 heterocycles. The SMILES string of the molecule is COc1ccc(N2CC(C(=O)O)CC2=O)c(F)c1. The number of halogens is 1. The van der Waals surface area contributed by atoms with Crippen LogP contribution in [-0.4, -0.2) is 30.6 Å². The highest BCUT2D eigenvalue weighted by Gasteiger charge is 2.36. The second-order valence-electron chi connectivity index (χ2n) is 4.06. The summed E-state index contributed by atoms with van der Waals surface area (Å²) in [5.74, 6) is -2.46. The van der Waals surface area contributed by atoms with Crippen molar-refractivity contribution >= 4 is 17.6 Å². The van der Waals surface area contributed by atoms with Crippen LogP contribution in [-0.2, 0) is 9.59 Å². The summed E-state index contributed by atoms with van der Waals surface area (Å²) in [6.07, 6.45) is -0.0964. The van der Waals surface area contributed by atoms with Gasteiger partial charge in [0, 0.05) is 19.0 Å². The quantitative estimate of drug-likeness (QED) is 0.881. The first kappa shape index (κ1) is 12.3. The number of methoxy groups -OCH3 is 1. The van der Waals surface area contributed by atoms with Gasteiger partial charge in [0.1, 0.15) is 5.75 Å². The standard InChI is InChI=1S/C12H12FNO4/c1-18-8-2-3-10(9(13)5-8)14-6-7(12(16)17)4-11(14)15/h2-3,5,7H,4,6H2,1H3,(H,16,17). The summed E-state index contributed by atoms with van der Waals surface area (Å²) < 4.78 is 18.6. The predicted molar refractivity (Wildman–Crippen MR) is 61.0 cm³/mol. The number of carbonyl (C=O) groups excluding carboxylic acids is 1. The molecular weight excluding hydrogens is 241 g/mol. The van der Waals surface area contributed by atoms with Gasteiger partial charge in [-0.3, -0.25) is 9.59 Å². The van der Waals surface area contributed by atoms with Gasteiger partial charge in [0.05, 0.1) is 18.7 Å². The number of rotatable bonds is 3. The molecule has 1 unspecified atom stereocenters. The van der Waals surface area contributed by atoms with Crippen LogP contribution in [0.15, 0.2) is 18.2 Å². The largest absolute Gasteiger partial charge is 0.497 e. The van der Waals surface area contributed by atoms with E-state index in [2.05, 4.69) is 0 Å². The Hall–Kier alpha value is -2.11. The highest BCUT2D eigenvalue weighted by Crippen LogP contribution is 2.29. The average molecular weight is 253 g/mol. The molecule has 1 aliphatic heterocycles. The fourth-order valence-corrected chi connectivity index (χ4v) is 1.94. The first-order valence-electron chi connectivity index (χ1n) is 5.39. The summed E-state index contributed by atoms with van der Waals surface area (Å²) in [6, 6.07) is 4.10. The van der Waals surface area contributed by atoms with Crippen LogP contribution in [0.5, 0.6) is 5.75 Å². The molecule has 1 aromatic rings. The van der Waals surface area contributed by atoms with Crippen LogP contribution in [0.3, 0.4) is 0 Å². The maximum atomic E-state index is 13.8. The molecule has 0 radical (unpaired) electrons. The van der Waals surface area contributed by atoms with E-state index in [0.29, 0.717) is 5.75 Å². The molecule has 2 rings (SSSR count). The minimum atomic E-state index is -1.04. The van der Waals surface area contributed by atoms with Gasteiger partial charge in [0.25, 0.3) is 0 Å². The Labute approximate surface area is 103 Å². The van der Waals surface area contributed by atoms with Gasteiger partial charge < -0.3 is 14.7 Å². The van der Waals surface area contributed by atoms with Crippen molar-refractivity contribution in [2.75, 3.05) is 18.6 Å². The number of ether oxygens (including phenoxy) is 1. The van der Waals surface area contributed by atoms with Crippen molar-refractivity contribution in [1.82, 2.24) is 0 Å². The zero-order valence-electron chi connectivity index (χ0n) is 9.72. The molecule has 1 aromatic carbocycles. The van der Waals surface area contributed by atoms with Crippen molar-refractivity contribution in [3.63, 3.8) is 0 Å². The highest BCUT2D eigenvalue weighted by atomic mass is 19.1. The van der Waals surface area contributed by atoms with Crippen molar-refractivity contribution in [2.45, 2.75) is 6.42 Å². The number of hydrogen-bond donors (Lipinski definition) is 1. The summed E-state index contributed by atoms with van der Waals surface area (Å²) in [7, 11) is 1.41. The monoisotopic (exact) mass is 253 g/mol. The number of amides is 1. The molecule has 6 heteroatoms. The van der Waals surface area contributed by atoms with E-state index in [0.717, 1.165) is 11.0 Å². The molecule has 0 saturated carbocycles. The molecule has 96 valence electrons. The zero-order valence-corrected chi connectivity index (χ0v) is 9.72. The number of aliphatic carboxylic acids is 1. The number of hydrogen-bond acceptors (Lipinski definition) is 3. The van der Waals surface area contributed by atoms with E-state index in [-0.39, 0.29) is 24.6 Å². The molecule has 1 fully saturated rings. The average Bonchev–Trinajstić information content (AvgIpc) is 2.71. The lowest BCUT2D eigenvalue weighted by molar-refractivity contribution is -0.141.